The molecule has 0 radical (unpaired) electrons. The zero-order chi connectivity index (χ0) is 24.7. The Bertz CT molecular complexity index is 1180. The molecule has 1 aromatic carbocycles. The molecule has 1 saturated carbocycles. The molecule has 0 unspecified atom stereocenters. The number of aromatic amines is 1. The maximum Gasteiger partial charge on any atom is 0.290 e. The fourth-order valence-corrected chi connectivity index (χ4v) is 6.23. The summed E-state index contributed by atoms with van der Waals surface area (Å²) in [5.74, 6) is -0.499. The van der Waals surface area contributed by atoms with E-state index in [9.17, 15) is 19.6 Å². The van der Waals surface area contributed by atoms with Crippen LogP contribution in [0.15, 0.2) is 12.1 Å². The molecule has 35 heavy (non-hydrogen) atoms. The smallest absolute Gasteiger partial charge is 0.290 e. The number of carbonyl (C=O) groups excluding carboxylic acids is 3. The van der Waals surface area contributed by atoms with Crippen molar-refractivity contribution < 1.29 is 14.4 Å². The van der Waals surface area contributed by atoms with E-state index in [1.165, 1.54) is 0 Å². The molecule has 1 aromatic heterocycles. The van der Waals surface area contributed by atoms with E-state index >= 15 is 0 Å². The first-order chi connectivity index (χ1) is 16.9. The van der Waals surface area contributed by atoms with Gasteiger partial charge in [0.05, 0.1) is 21.6 Å². The van der Waals surface area contributed by atoms with Gasteiger partial charge in [-0.1, -0.05) is 29.6 Å². The number of H-pyrrole nitrogens is 1. The number of aromatic nitrogens is 2. The summed E-state index contributed by atoms with van der Waals surface area (Å²) >= 11 is 12.5. The number of nitrogens with one attached hydrogen (secondary N) is 3. The minimum atomic E-state index is -0.725. The summed E-state index contributed by atoms with van der Waals surface area (Å²) < 4.78 is 0. The highest BCUT2D eigenvalue weighted by atomic mass is 35.5. The first kappa shape index (κ1) is 23.9. The molecule has 2 aromatic rings. The number of fused-ring (bicyclic) bond motifs is 2. The van der Waals surface area contributed by atoms with E-state index in [1.54, 1.807) is 17.0 Å². The van der Waals surface area contributed by atoms with Crippen LogP contribution in [0.3, 0.4) is 0 Å². The maximum atomic E-state index is 13.5. The van der Waals surface area contributed by atoms with E-state index in [0.29, 0.717) is 47.0 Å². The van der Waals surface area contributed by atoms with Crippen LogP contribution in [-0.4, -0.2) is 57.8 Å². The number of likely N-dealkylation sites (tertiary alicyclic amines) is 1. The normalized spacial score (nSPS) is 26.4. The van der Waals surface area contributed by atoms with Gasteiger partial charge < -0.3 is 20.5 Å². The Balaban J connectivity index is 1.34. The lowest BCUT2D eigenvalue weighted by molar-refractivity contribution is -0.126. The third-order valence-corrected chi connectivity index (χ3v) is 8.23. The van der Waals surface area contributed by atoms with E-state index < -0.39 is 12.1 Å². The van der Waals surface area contributed by atoms with Crippen LogP contribution < -0.4 is 10.6 Å². The van der Waals surface area contributed by atoms with Crippen LogP contribution in [0.4, 0.5) is 0 Å². The summed E-state index contributed by atoms with van der Waals surface area (Å²) in [4.78, 5) is 47.7. The molecule has 2 aliphatic heterocycles. The van der Waals surface area contributed by atoms with Crippen molar-refractivity contribution in [2.75, 3.05) is 13.1 Å². The SMILES string of the molecule is N#C[C@H](CC[C@@H]1CCNC1=O)NC(=O)[C@@H]1[C@H]2CCC[C@H]2CN1C(=O)c1nc2c(Cl)ccc(Cl)c2[nH]1. The minimum Gasteiger partial charge on any atom is -0.356 e. The van der Waals surface area contributed by atoms with Gasteiger partial charge in [0.1, 0.15) is 17.6 Å². The average Bonchev–Trinajstić information content (AvgIpc) is 3.62. The van der Waals surface area contributed by atoms with Crippen LogP contribution in [0, 0.1) is 29.1 Å². The molecule has 0 bridgehead atoms. The minimum absolute atomic E-state index is 0.000389. The van der Waals surface area contributed by atoms with Gasteiger partial charge in [0.25, 0.3) is 5.91 Å². The molecule has 184 valence electrons. The summed E-state index contributed by atoms with van der Waals surface area (Å²) in [6.45, 7) is 1.10. The molecule has 5 rings (SSSR count). The standard InChI is InChI=1S/C24H26Cl2N6O3/c25-16-6-7-17(26)19-18(16)30-21(31-19)24(35)32-11-13-2-1-3-15(13)20(32)23(34)29-14(10-27)5-4-12-8-9-28-22(12)33/h6-7,12-15,20H,1-5,8-9,11H2,(H,28,33)(H,29,34)(H,30,31)/t12-,13+,14+,15+,20+/m1/s1. The van der Waals surface area contributed by atoms with E-state index in [4.69, 9.17) is 23.2 Å². The Morgan fingerprint density at radius 1 is 1.26 bits per heavy atom. The van der Waals surface area contributed by atoms with Crippen molar-refractivity contribution >= 4 is 52.0 Å². The average molecular weight is 517 g/mol. The van der Waals surface area contributed by atoms with Crippen molar-refractivity contribution in [3.63, 3.8) is 0 Å². The van der Waals surface area contributed by atoms with Gasteiger partial charge in [-0.15, -0.1) is 0 Å². The van der Waals surface area contributed by atoms with Gasteiger partial charge in [-0.25, -0.2) is 4.98 Å². The molecule has 3 aliphatic rings. The van der Waals surface area contributed by atoms with Crippen LogP contribution in [0.2, 0.25) is 10.0 Å². The molecule has 2 saturated heterocycles. The third kappa shape index (κ3) is 4.45. The number of halogens is 2. The predicted octanol–water partition coefficient (Wildman–Crippen LogP) is 3.04. The van der Waals surface area contributed by atoms with Crippen molar-refractivity contribution in [1.29, 1.82) is 5.26 Å². The number of nitriles is 1. The molecule has 0 spiro atoms. The van der Waals surface area contributed by atoms with E-state index in [1.807, 2.05) is 0 Å². The summed E-state index contributed by atoms with van der Waals surface area (Å²) in [7, 11) is 0. The number of benzene rings is 1. The lowest BCUT2D eigenvalue weighted by atomic mass is 9.93. The van der Waals surface area contributed by atoms with Gasteiger partial charge in [0.15, 0.2) is 5.82 Å². The second-order valence-corrected chi connectivity index (χ2v) is 10.5. The number of imidazole rings is 1. The van der Waals surface area contributed by atoms with Crippen molar-refractivity contribution in [1.82, 2.24) is 25.5 Å². The zero-order valence-electron chi connectivity index (χ0n) is 19.0. The van der Waals surface area contributed by atoms with Gasteiger partial charge in [0, 0.05) is 19.0 Å². The van der Waals surface area contributed by atoms with Gasteiger partial charge in [-0.05, 0) is 56.1 Å². The Labute approximate surface area is 212 Å². The second kappa shape index (κ2) is 9.67. The Hall–Kier alpha value is -2.83. The van der Waals surface area contributed by atoms with Crippen molar-refractivity contribution in [3.05, 3.63) is 28.0 Å². The number of rotatable bonds is 6. The van der Waals surface area contributed by atoms with Crippen molar-refractivity contribution in [2.24, 2.45) is 17.8 Å². The molecule has 3 fully saturated rings. The van der Waals surface area contributed by atoms with Crippen molar-refractivity contribution in [3.8, 4) is 6.07 Å². The lowest BCUT2D eigenvalue weighted by Crippen LogP contribution is -2.51. The molecule has 9 nitrogen and oxygen atoms in total. The van der Waals surface area contributed by atoms with Gasteiger partial charge in [0.2, 0.25) is 11.8 Å². The van der Waals surface area contributed by atoms with E-state index in [-0.39, 0.29) is 41.3 Å². The first-order valence-corrected chi connectivity index (χ1v) is 12.8. The molecular formula is C24H26Cl2N6O3. The molecular weight excluding hydrogens is 491 g/mol. The maximum absolute atomic E-state index is 13.5. The molecule has 3 amide bonds. The molecule has 5 atom stereocenters. The summed E-state index contributed by atoms with van der Waals surface area (Å²) in [5, 5.41) is 16.1. The van der Waals surface area contributed by atoms with E-state index in [0.717, 1.165) is 25.7 Å². The van der Waals surface area contributed by atoms with Crippen LogP contribution in [0.1, 0.15) is 49.1 Å². The Morgan fingerprint density at radius 2 is 2.06 bits per heavy atom. The van der Waals surface area contributed by atoms with Gasteiger partial charge >= 0.3 is 0 Å². The highest BCUT2D eigenvalue weighted by molar-refractivity contribution is 6.39. The second-order valence-electron chi connectivity index (χ2n) is 9.64. The van der Waals surface area contributed by atoms with Gasteiger partial charge in [-0.2, -0.15) is 5.26 Å². The fourth-order valence-electron chi connectivity index (χ4n) is 5.83. The van der Waals surface area contributed by atoms with Crippen LogP contribution in [0.5, 0.6) is 0 Å². The largest absolute Gasteiger partial charge is 0.356 e. The van der Waals surface area contributed by atoms with Crippen LogP contribution in [-0.2, 0) is 9.59 Å². The van der Waals surface area contributed by atoms with Crippen LogP contribution in [0.25, 0.3) is 11.0 Å². The molecule has 1 aliphatic carbocycles. The summed E-state index contributed by atoms with van der Waals surface area (Å²) in [5.41, 5.74) is 0.881. The highest BCUT2D eigenvalue weighted by Gasteiger charge is 2.50. The Kier molecular flexibility index (Phi) is 6.60. The number of nitrogens with zero attached hydrogens (tertiary/aromatic N) is 3. The summed E-state index contributed by atoms with van der Waals surface area (Å²) in [6, 6.07) is 3.99. The molecule has 11 heteroatoms. The zero-order valence-corrected chi connectivity index (χ0v) is 20.5. The topological polar surface area (TPSA) is 131 Å². The molecule has 3 N–H and O–H groups in total. The predicted molar refractivity (Wildman–Crippen MR) is 130 cm³/mol. The van der Waals surface area contributed by atoms with Crippen LogP contribution >= 0.6 is 23.2 Å². The van der Waals surface area contributed by atoms with Crippen molar-refractivity contribution in [2.45, 2.75) is 50.6 Å². The lowest BCUT2D eigenvalue weighted by Gasteiger charge is -2.27. The third-order valence-electron chi connectivity index (χ3n) is 7.61. The first-order valence-electron chi connectivity index (χ1n) is 12.0. The summed E-state index contributed by atoms with van der Waals surface area (Å²) in [6.07, 6.45) is 4.47. The number of hydrogen-bond acceptors (Lipinski definition) is 5. The Morgan fingerprint density at radius 3 is 2.77 bits per heavy atom. The van der Waals surface area contributed by atoms with E-state index in [2.05, 4.69) is 26.7 Å². The quantitative estimate of drug-likeness (QED) is 0.542. The monoisotopic (exact) mass is 516 g/mol. The number of amides is 3. The number of carbonyl (C=O) groups is 3. The number of hydrogen-bond donors (Lipinski definition) is 3. The molecule has 3 heterocycles. The fraction of sp³-hybridized carbons (Fsp3) is 0.542. The van der Waals surface area contributed by atoms with Gasteiger partial charge in [-0.3, -0.25) is 14.4 Å². The highest BCUT2D eigenvalue weighted by Crippen LogP contribution is 2.43.